The zero-order valence-corrected chi connectivity index (χ0v) is 12.2. The zero-order valence-electron chi connectivity index (χ0n) is 12.2. The molecule has 0 aliphatic rings. The van der Waals surface area contributed by atoms with Crippen LogP contribution in [0, 0.1) is 15.9 Å². The fourth-order valence-corrected chi connectivity index (χ4v) is 1.92. The van der Waals surface area contributed by atoms with Crippen LogP contribution in [-0.4, -0.2) is 17.4 Å². The van der Waals surface area contributed by atoms with Crippen molar-refractivity contribution in [3.63, 3.8) is 0 Å². The van der Waals surface area contributed by atoms with Crippen molar-refractivity contribution >= 4 is 17.7 Å². The number of rotatable bonds is 6. The van der Waals surface area contributed by atoms with Gasteiger partial charge in [0.2, 0.25) is 5.91 Å². The highest BCUT2D eigenvalue weighted by Crippen LogP contribution is 2.12. The smallest absolute Gasteiger partial charge is 0.269 e. The van der Waals surface area contributed by atoms with Crippen molar-refractivity contribution in [1.82, 2.24) is 5.32 Å². The average molecular weight is 314 g/mol. The van der Waals surface area contributed by atoms with Crippen LogP contribution in [0.15, 0.2) is 54.6 Å². The Morgan fingerprint density at radius 1 is 1.13 bits per heavy atom. The summed E-state index contributed by atoms with van der Waals surface area (Å²) in [7, 11) is 0. The third-order valence-electron chi connectivity index (χ3n) is 3.16. The number of halogens is 1. The van der Waals surface area contributed by atoms with Crippen molar-refractivity contribution < 1.29 is 14.1 Å². The third kappa shape index (κ3) is 5.35. The van der Waals surface area contributed by atoms with Gasteiger partial charge >= 0.3 is 0 Å². The number of benzene rings is 2. The number of nitro benzene ring substituents is 1. The largest absolute Gasteiger partial charge is 0.352 e. The number of hydrogen-bond acceptors (Lipinski definition) is 3. The van der Waals surface area contributed by atoms with Gasteiger partial charge in [-0.15, -0.1) is 0 Å². The zero-order chi connectivity index (χ0) is 16.7. The molecular weight excluding hydrogens is 299 g/mol. The molecule has 0 saturated carbocycles. The normalized spacial score (nSPS) is 10.7. The molecule has 0 spiro atoms. The number of amides is 1. The molecule has 6 heteroatoms. The fraction of sp³-hybridized carbons (Fsp3) is 0.118. The van der Waals surface area contributed by atoms with Crippen LogP contribution in [0.3, 0.4) is 0 Å². The summed E-state index contributed by atoms with van der Waals surface area (Å²) in [4.78, 5) is 21.7. The van der Waals surface area contributed by atoms with E-state index in [4.69, 9.17) is 0 Å². The molecule has 1 amide bonds. The van der Waals surface area contributed by atoms with Gasteiger partial charge in [-0.3, -0.25) is 14.9 Å². The molecule has 0 unspecified atom stereocenters. The van der Waals surface area contributed by atoms with E-state index in [2.05, 4.69) is 5.32 Å². The molecule has 23 heavy (non-hydrogen) atoms. The molecule has 0 aliphatic heterocycles. The third-order valence-corrected chi connectivity index (χ3v) is 3.16. The molecule has 5 nitrogen and oxygen atoms in total. The molecule has 0 fully saturated rings. The van der Waals surface area contributed by atoms with Gasteiger partial charge in [-0.25, -0.2) is 4.39 Å². The van der Waals surface area contributed by atoms with Gasteiger partial charge in [-0.1, -0.05) is 12.1 Å². The molecule has 0 bridgehead atoms. The van der Waals surface area contributed by atoms with E-state index in [0.29, 0.717) is 18.5 Å². The number of hydrogen-bond donors (Lipinski definition) is 1. The molecule has 2 aromatic carbocycles. The first kappa shape index (κ1) is 16.4. The quantitative estimate of drug-likeness (QED) is 0.506. The lowest BCUT2D eigenvalue weighted by molar-refractivity contribution is -0.384. The van der Waals surface area contributed by atoms with E-state index in [-0.39, 0.29) is 17.4 Å². The van der Waals surface area contributed by atoms with Crippen LogP contribution in [0.5, 0.6) is 0 Å². The van der Waals surface area contributed by atoms with Crippen LogP contribution in [0.2, 0.25) is 0 Å². The van der Waals surface area contributed by atoms with Gasteiger partial charge in [0.25, 0.3) is 5.69 Å². The lowest BCUT2D eigenvalue weighted by Gasteiger charge is -2.02. The Morgan fingerprint density at radius 2 is 1.78 bits per heavy atom. The Balaban J connectivity index is 1.79. The van der Waals surface area contributed by atoms with Crippen LogP contribution in [0.25, 0.3) is 6.08 Å². The molecule has 0 aliphatic carbocycles. The number of nitro groups is 1. The molecule has 0 aromatic heterocycles. The Morgan fingerprint density at radius 3 is 2.39 bits per heavy atom. The first-order chi connectivity index (χ1) is 11.0. The summed E-state index contributed by atoms with van der Waals surface area (Å²) in [5.41, 5.74) is 1.64. The van der Waals surface area contributed by atoms with Gasteiger partial charge in [0, 0.05) is 24.8 Å². The number of carbonyl (C=O) groups excluding carboxylic acids is 1. The van der Waals surface area contributed by atoms with Gasteiger partial charge in [0.15, 0.2) is 0 Å². The highest BCUT2D eigenvalue weighted by Gasteiger charge is 2.02. The summed E-state index contributed by atoms with van der Waals surface area (Å²) in [6.07, 6.45) is 3.56. The molecule has 2 aromatic rings. The van der Waals surface area contributed by atoms with Gasteiger partial charge in [-0.05, 0) is 47.9 Å². The van der Waals surface area contributed by atoms with E-state index in [0.717, 1.165) is 5.56 Å². The first-order valence-electron chi connectivity index (χ1n) is 6.99. The molecule has 118 valence electrons. The molecule has 2 rings (SSSR count). The minimum atomic E-state index is -0.477. The summed E-state index contributed by atoms with van der Waals surface area (Å²) in [6, 6.07) is 12.0. The highest BCUT2D eigenvalue weighted by molar-refractivity contribution is 5.91. The molecular formula is C17H15FN2O3. The first-order valence-corrected chi connectivity index (χ1v) is 6.99. The van der Waals surface area contributed by atoms with Gasteiger partial charge in [0.05, 0.1) is 4.92 Å². The Labute approximate surface area is 132 Å². The van der Waals surface area contributed by atoms with Gasteiger partial charge in [0.1, 0.15) is 5.82 Å². The van der Waals surface area contributed by atoms with Gasteiger partial charge < -0.3 is 5.32 Å². The van der Waals surface area contributed by atoms with Crippen molar-refractivity contribution in [3.8, 4) is 0 Å². The minimum absolute atomic E-state index is 0.00546. The number of carbonyl (C=O) groups is 1. The summed E-state index contributed by atoms with van der Waals surface area (Å²) < 4.78 is 12.8. The minimum Gasteiger partial charge on any atom is -0.352 e. The fourth-order valence-electron chi connectivity index (χ4n) is 1.92. The van der Waals surface area contributed by atoms with Crippen molar-refractivity contribution in [1.29, 1.82) is 0 Å². The summed E-state index contributed by atoms with van der Waals surface area (Å²) in [6.45, 7) is 0.440. The van der Waals surface area contributed by atoms with E-state index < -0.39 is 4.92 Å². The number of nitrogens with zero attached hydrogens (tertiary/aromatic N) is 1. The highest BCUT2D eigenvalue weighted by atomic mass is 19.1. The number of non-ortho nitro benzene ring substituents is 1. The maximum atomic E-state index is 12.8. The van der Waals surface area contributed by atoms with Crippen LogP contribution in [0.4, 0.5) is 10.1 Å². The Kier molecular flexibility index (Phi) is 5.57. The van der Waals surface area contributed by atoms with Crippen molar-refractivity contribution in [2.45, 2.75) is 6.42 Å². The second kappa shape index (κ2) is 7.84. The predicted molar refractivity (Wildman–Crippen MR) is 85.2 cm³/mol. The number of nitrogens with one attached hydrogen (secondary N) is 1. The van der Waals surface area contributed by atoms with Crippen LogP contribution in [0.1, 0.15) is 11.1 Å². The summed E-state index contributed by atoms with van der Waals surface area (Å²) in [5, 5.41) is 13.3. The second-order valence-electron chi connectivity index (χ2n) is 4.85. The second-order valence-corrected chi connectivity index (χ2v) is 4.85. The standard InChI is InChI=1S/C17H15FN2O3/c18-15-6-1-14(2-7-15)11-12-19-17(21)10-5-13-3-8-16(9-4-13)20(22)23/h1-10H,11-12H2,(H,19,21). The molecule has 1 N–H and O–H groups in total. The topological polar surface area (TPSA) is 72.2 Å². The van der Waals surface area contributed by atoms with Crippen molar-refractivity contribution in [2.24, 2.45) is 0 Å². The van der Waals surface area contributed by atoms with E-state index in [1.54, 1.807) is 30.3 Å². The molecule has 0 heterocycles. The van der Waals surface area contributed by atoms with Crippen molar-refractivity contribution in [2.75, 3.05) is 6.54 Å². The molecule has 0 saturated heterocycles. The summed E-state index contributed by atoms with van der Waals surface area (Å²) in [5.74, 6) is -0.547. The van der Waals surface area contributed by atoms with E-state index in [9.17, 15) is 19.3 Å². The SMILES string of the molecule is O=C(C=Cc1ccc([N+](=O)[O-])cc1)NCCc1ccc(F)cc1. The van der Waals surface area contributed by atoms with E-state index >= 15 is 0 Å². The lowest BCUT2D eigenvalue weighted by atomic mass is 10.1. The van der Waals surface area contributed by atoms with Crippen LogP contribution in [-0.2, 0) is 11.2 Å². The molecule has 0 atom stereocenters. The lowest BCUT2D eigenvalue weighted by Crippen LogP contribution is -2.23. The Hall–Kier alpha value is -3.02. The maximum absolute atomic E-state index is 12.8. The monoisotopic (exact) mass is 314 g/mol. The van der Waals surface area contributed by atoms with E-state index in [1.807, 2.05) is 0 Å². The predicted octanol–water partition coefficient (Wildman–Crippen LogP) is 3.11. The average Bonchev–Trinajstić information content (AvgIpc) is 2.55. The van der Waals surface area contributed by atoms with Crippen molar-refractivity contribution in [3.05, 3.63) is 81.7 Å². The maximum Gasteiger partial charge on any atom is 0.269 e. The van der Waals surface area contributed by atoms with E-state index in [1.165, 1.54) is 30.3 Å². The van der Waals surface area contributed by atoms with Crippen LogP contribution >= 0.6 is 0 Å². The Bertz CT molecular complexity index is 710. The van der Waals surface area contributed by atoms with Crippen LogP contribution < -0.4 is 5.32 Å². The van der Waals surface area contributed by atoms with Gasteiger partial charge in [-0.2, -0.15) is 0 Å². The summed E-state index contributed by atoms with van der Waals surface area (Å²) >= 11 is 0. The molecule has 0 radical (unpaired) electrons.